The summed E-state index contributed by atoms with van der Waals surface area (Å²) in [7, 11) is 0. The molecule has 1 fully saturated rings. The van der Waals surface area contributed by atoms with Crippen LogP contribution >= 0.6 is 11.8 Å². The molecule has 0 bridgehead atoms. The topological polar surface area (TPSA) is 69.6 Å². The van der Waals surface area contributed by atoms with Crippen molar-refractivity contribution in [2.45, 2.75) is 50.0 Å². The molecule has 0 aliphatic heterocycles. The highest BCUT2D eigenvalue weighted by molar-refractivity contribution is 7.99. The van der Waals surface area contributed by atoms with Crippen LogP contribution in [0.1, 0.15) is 38.0 Å². The van der Waals surface area contributed by atoms with E-state index in [-0.39, 0.29) is 18.8 Å². The highest BCUT2D eigenvalue weighted by atomic mass is 32.2. The fraction of sp³-hybridized carbons (Fsp3) is 0.714. The number of halogens is 3. The molecule has 1 saturated carbocycles. The molecule has 1 aliphatic rings. The first kappa shape index (κ1) is 17.2. The Morgan fingerprint density at radius 1 is 1.29 bits per heavy atom. The summed E-state index contributed by atoms with van der Waals surface area (Å²) in [6, 6.07) is 0. The number of thioether (sulfide) groups is 1. The minimum Gasteiger partial charge on any atom is -0.414 e. The van der Waals surface area contributed by atoms with E-state index >= 15 is 0 Å². The largest absolute Gasteiger partial charge is 0.414 e. The van der Waals surface area contributed by atoms with Crippen molar-refractivity contribution in [1.82, 2.24) is 25.0 Å². The van der Waals surface area contributed by atoms with Crippen molar-refractivity contribution in [3.8, 4) is 0 Å². The zero-order valence-electron chi connectivity index (χ0n) is 12.9. The fourth-order valence-electron chi connectivity index (χ4n) is 2.98. The number of rotatable bonds is 6. The van der Waals surface area contributed by atoms with Crippen LogP contribution in [-0.2, 0) is 6.54 Å². The first-order chi connectivity index (χ1) is 11.5. The normalized spacial score (nSPS) is 22.0. The molecule has 2 unspecified atom stereocenters. The van der Waals surface area contributed by atoms with Crippen LogP contribution < -0.4 is 0 Å². The van der Waals surface area contributed by atoms with Crippen molar-refractivity contribution in [3.05, 3.63) is 18.5 Å². The van der Waals surface area contributed by atoms with E-state index in [0.29, 0.717) is 29.8 Å². The SMILES string of the molecule is FC(F)(F)C1CCCC(CCSc2nnc(Cn3cncn3)o2)C1. The van der Waals surface area contributed by atoms with Gasteiger partial charge in [0.1, 0.15) is 19.2 Å². The van der Waals surface area contributed by atoms with E-state index in [0.717, 1.165) is 12.8 Å². The Balaban J connectivity index is 1.42. The molecule has 0 aromatic carbocycles. The summed E-state index contributed by atoms with van der Waals surface area (Å²) in [5.74, 6) is 0.0902. The zero-order valence-corrected chi connectivity index (χ0v) is 13.8. The Bertz CT molecular complexity index is 631. The second-order valence-electron chi connectivity index (χ2n) is 5.96. The summed E-state index contributed by atoms with van der Waals surface area (Å²) in [5.41, 5.74) is 0. The molecule has 2 aromatic rings. The quantitative estimate of drug-likeness (QED) is 0.733. The van der Waals surface area contributed by atoms with E-state index in [9.17, 15) is 13.2 Å². The second-order valence-corrected chi connectivity index (χ2v) is 7.01. The van der Waals surface area contributed by atoms with Crippen LogP contribution in [-0.4, -0.2) is 36.9 Å². The maximum atomic E-state index is 12.8. The van der Waals surface area contributed by atoms with Gasteiger partial charge in [0.2, 0.25) is 5.89 Å². The monoisotopic (exact) mass is 361 g/mol. The van der Waals surface area contributed by atoms with E-state index in [1.54, 1.807) is 11.0 Å². The number of aromatic nitrogens is 5. The maximum Gasteiger partial charge on any atom is 0.391 e. The molecule has 0 amide bonds. The fourth-order valence-corrected chi connectivity index (χ4v) is 3.86. The van der Waals surface area contributed by atoms with Crippen LogP contribution in [0.4, 0.5) is 13.2 Å². The molecule has 2 atom stereocenters. The highest BCUT2D eigenvalue weighted by Crippen LogP contribution is 2.41. The van der Waals surface area contributed by atoms with Gasteiger partial charge >= 0.3 is 6.18 Å². The molecule has 0 saturated heterocycles. The first-order valence-corrected chi connectivity index (χ1v) is 8.83. The van der Waals surface area contributed by atoms with Crippen molar-refractivity contribution >= 4 is 11.8 Å². The molecule has 2 aromatic heterocycles. The zero-order chi connectivity index (χ0) is 17.0. The highest BCUT2D eigenvalue weighted by Gasteiger charge is 2.41. The van der Waals surface area contributed by atoms with Gasteiger partial charge in [-0.2, -0.15) is 18.3 Å². The van der Waals surface area contributed by atoms with Gasteiger partial charge < -0.3 is 4.42 Å². The lowest BCUT2D eigenvalue weighted by molar-refractivity contribution is -0.185. The first-order valence-electron chi connectivity index (χ1n) is 7.85. The van der Waals surface area contributed by atoms with Gasteiger partial charge in [0, 0.05) is 5.75 Å². The molecule has 24 heavy (non-hydrogen) atoms. The predicted octanol–water partition coefficient (Wildman–Crippen LogP) is 3.56. The number of alkyl halides is 3. The molecular formula is C14H18F3N5OS. The Kier molecular flexibility index (Phi) is 5.42. The maximum absolute atomic E-state index is 12.8. The molecule has 1 aliphatic carbocycles. The van der Waals surface area contributed by atoms with Gasteiger partial charge in [-0.05, 0) is 25.2 Å². The third kappa shape index (κ3) is 4.71. The average molecular weight is 361 g/mol. The molecule has 10 heteroatoms. The van der Waals surface area contributed by atoms with Crippen LogP contribution in [0.15, 0.2) is 22.3 Å². The summed E-state index contributed by atoms with van der Waals surface area (Å²) < 4.78 is 45.5. The van der Waals surface area contributed by atoms with E-state index in [1.165, 1.54) is 18.1 Å². The molecule has 0 spiro atoms. The van der Waals surface area contributed by atoms with Crippen LogP contribution in [0.2, 0.25) is 0 Å². The Morgan fingerprint density at radius 3 is 2.92 bits per heavy atom. The number of hydrogen-bond donors (Lipinski definition) is 0. The van der Waals surface area contributed by atoms with Crippen molar-refractivity contribution in [2.75, 3.05) is 5.75 Å². The van der Waals surface area contributed by atoms with Crippen molar-refractivity contribution in [1.29, 1.82) is 0 Å². The molecule has 3 rings (SSSR count). The number of nitrogens with zero attached hydrogens (tertiary/aromatic N) is 5. The third-order valence-electron chi connectivity index (χ3n) is 4.21. The molecule has 132 valence electrons. The minimum absolute atomic E-state index is 0.121. The van der Waals surface area contributed by atoms with Crippen molar-refractivity contribution in [2.24, 2.45) is 11.8 Å². The van der Waals surface area contributed by atoms with E-state index in [2.05, 4.69) is 20.3 Å². The minimum atomic E-state index is -4.06. The standard InChI is InChI=1S/C14H18F3N5OS/c15-14(16,17)11-3-1-2-10(6-11)4-5-24-13-21-20-12(23-13)7-22-9-18-8-19-22/h8-11H,1-7H2. The summed E-state index contributed by atoms with van der Waals surface area (Å²) >= 11 is 1.39. The van der Waals surface area contributed by atoms with Gasteiger partial charge in [0.15, 0.2) is 0 Å². The number of hydrogen-bond acceptors (Lipinski definition) is 6. The molecule has 0 radical (unpaired) electrons. The Labute approximate surface area is 141 Å². The Morgan fingerprint density at radius 2 is 2.17 bits per heavy atom. The summed E-state index contributed by atoms with van der Waals surface area (Å²) in [4.78, 5) is 3.83. The van der Waals surface area contributed by atoms with Crippen LogP contribution in [0, 0.1) is 11.8 Å². The van der Waals surface area contributed by atoms with E-state index in [1.807, 2.05) is 0 Å². The van der Waals surface area contributed by atoms with Crippen LogP contribution in [0.5, 0.6) is 0 Å². The molecule has 2 heterocycles. The lowest BCUT2D eigenvalue weighted by Gasteiger charge is -2.30. The summed E-state index contributed by atoms with van der Waals surface area (Å²) in [5, 5.41) is 12.3. The van der Waals surface area contributed by atoms with Gasteiger partial charge in [0.25, 0.3) is 5.22 Å². The van der Waals surface area contributed by atoms with Gasteiger partial charge in [-0.25, -0.2) is 9.67 Å². The van der Waals surface area contributed by atoms with Gasteiger partial charge in [-0.3, -0.25) is 0 Å². The molecule has 6 nitrogen and oxygen atoms in total. The second kappa shape index (κ2) is 7.54. The van der Waals surface area contributed by atoms with Crippen molar-refractivity contribution in [3.63, 3.8) is 0 Å². The summed E-state index contributed by atoms with van der Waals surface area (Å²) in [6.07, 6.45) is 1.68. The molecular weight excluding hydrogens is 343 g/mol. The average Bonchev–Trinajstić information content (AvgIpc) is 3.19. The van der Waals surface area contributed by atoms with Gasteiger partial charge in [-0.15, -0.1) is 10.2 Å². The van der Waals surface area contributed by atoms with E-state index < -0.39 is 12.1 Å². The smallest absolute Gasteiger partial charge is 0.391 e. The van der Waals surface area contributed by atoms with Crippen LogP contribution in [0.25, 0.3) is 0 Å². The Hall–Kier alpha value is -1.58. The molecule has 0 N–H and O–H groups in total. The van der Waals surface area contributed by atoms with Crippen LogP contribution in [0.3, 0.4) is 0 Å². The van der Waals surface area contributed by atoms with E-state index in [4.69, 9.17) is 4.42 Å². The van der Waals surface area contributed by atoms with Gasteiger partial charge in [-0.1, -0.05) is 24.6 Å². The third-order valence-corrected chi connectivity index (χ3v) is 5.06. The van der Waals surface area contributed by atoms with Gasteiger partial charge in [0.05, 0.1) is 5.92 Å². The lowest BCUT2D eigenvalue weighted by Crippen LogP contribution is -2.28. The summed E-state index contributed by atoms with van der Waals surface area (Å²) in [6.45, 7) is 0.351. The van der Waals surface area contributed by atoms with Crippen molar-refractivity contribution < 1.29 is 17.6 Å². The predicted molar refractivity (Wildman–Crippen MR) is 80.3 cm³/mol. The lowest BCUT2D eigenvalue weighted by atomic mass is 9.80.